The molecule has 0 bridgehead atoms. The minimum atomic E-state index is -4.38. The highest BCUT2D eigenvalue weighted by atomic mass is 35.5. The largest absolute Gasteiger partial charge is 0.745 e. The number of fused-ring (bicyclic) bond motifs is 1. The highest BCUT2D eigenvalue weighted by Crippen LogP contribution is 2.27. The Morgan fingerprint density at radius 3 is 2.44 bits per heavy atom. The molecule has 0 radical (unpaired) electrons. The minimum absolute atomic E-state index is 0.312. The number of hydrogen-bond donors (Lipinski definition) is 0. The van der Waals surface area contributed by atoms with Crippen molar-refractivity contribution in [2.45, 2.75) is 12.8 Å². The van der Waals surface area contributed by atoms with E-state index in [1.807, 2.05) is 0 Å². The fourth-order valence-corrected chi connectivity index (χ4v) is 2.82. The topological polar surface area (TPSA) is 66.0 Å². The predicted molar refractivity (Wildman–Crippen MR) is 67.6 cm³/mol. The number of rotatable bonds is 2. The molecule has 0 saturated carbocycles. The van der Waals surface area contributed by atoms with Crippen LogP contribution in [0.25, 0.3) is 11.0 Å². The Hall–Kier alpha value is -0.820. The van der Waals surface area contributed by atoms with E-state index < -0.39 is 16.0 Å². The summed E-state index contributed by atoms with van der Waals surface area (Å²) in [6.45, 7) is 1.72. The van der Waals surface area contributed by atoms with Gasteiger partial charge in [0.1, 0.15) is 10.1 Å². The molecule has 8 heteroatoms. The molecule has 1 heterocycles. The van der Waals surface area contributed by atoms with Gasteiger partial charge in [-0.25, -0.2) is 17.6 Å². The molecule has 1 aromatic heterocycles. The maximum Gasteiger partial charge on any atom is 0.254 e. The van der Waals surface area contributed by atoms with E-state index >= 15 is 0 Å². The lowest BCUT2D eigenvalue weighted by Crippen LogP contribution is -2.31. The van der Waals surface area contributed by atoms with Gasteiger partial charge in [0.25, 0.3) is 5.82 Å². The smallest absolute Gasteiger partial charge is 0.254 e. The summed E-state index contributed by atoms with van der Waals surface area (Å²) in [7, 11) is -2.62. The standard InChI is InChI=1S/C10H10Cl2N2O3S/c1-6-13(2)9-3-7(11)8(12)4-10(9)14(6)5-18(15,16)17/h3-4H,5H2,1-2H3. The number of imidazole rings is 1. The van der Waals surface area contributed by atoms with Crippen molar-refractivity contribution < 1.29 is 17.5 Å². The van der Waals surface area contributed by atoms with Gasteiger partial charge in [0, 0.05) is 19.1 Å². The normalized spacial score (nSPS) is 12.3. The van der Waals surface area contributed by atoms with E-state index in [1.54, 1.807) is 30.7 Å². The lowest BCUT2D eigenvalue weighted by atomic mass is 10.3. The predicted octanol–water partition coefficient (Wildman–Crippen LogP) is 1.58. The molecule has 0 fully saturated rings. The van der Waals surface area contributed by atoms with Gasteiger partial charge in [0.15, 0.2) is 16.9 Å². The molecule has 18 heavy (non-hydrogen) atoms. The number of halogens is 2. The number of hydrogen-bond acceptors (Lipinski definition) is 3. The van der Waals surface area contributed by atoms with Crippen LogP contribution in [0.1, 0.15) is 5.82 Å². The van der Waals surface area contributed by atoms with Crippen molar-refractivity contribution >= 4 is 44.4 Å². The minimum Gasteiger partial charge on any atom is -0.745 e. The average molecular weight is 309 g/mol. The Balaban J connectivity index is 2.81. The summed E-state index contributed by atoms with van der Waals surface area (Å²) in [5.41, 5.74) is 1.27. The van der Waals surface area contributed by atoms with Crippen molar-refractivity contribution in [1.82, 2.24) is 4.57 Å². The van der Waals surface area contributed by atoms with E-state index in [0.29, 0.717) is 26.9 Å². The van der Waals surface area contributed by atoms with Gasteiger partial charge in [-0.05, 0) is 0 Å². The van der Waals surface area contributed by atoms with E-state index in [9.17, 15) is 13.0 Å². The summed E-state index contributed by atoms with van der Waals surface area (Å²) in [5, 5.41) is 0.689. The monoisotopic (exact) mass is 308 g/mol. The van der Waals surface area contributed by atoms with Crippen LogP contribution in [0.15, 0.2) is 12.1 Å². The second-order valence-corrected chi connectivity index (χ2v) is 6.16. The van der Waals surface area contributed by atoms with E-state index in [-0.39, 0.29) is 0 Å². The molecule has 2 rings (SSSR count). The van der Waals surface area contributed by atoms with Gasteiger partial charge in [0.2, 0.25) is 0 Å². The molecule has 0 atom stereocenters. The van der Waals surface area contributed by atoms with Gasteiger partial charge in [-0.1, -0.05) is 23.2 Å². The highest BCUT2D eigenvalue weighted by Gasteiger charge is 2.22. The maximum atomic E-state index is 10.9. The SMILES string of the molecule is Cc1n(CS(=O)(=O)[O-])c2cc(Cl)c(Cl)cc2[n+]1C. The summed E-state index contributed by atoms with van der Waals surface area (Å²) in [6.07, 6.45) is 0. The zero-order valence-corrected chi connectivity index (χ0v) is 12.0. The molecular formula is C10H10Cl2N2O3S. The molecule has 0 amide bonds. The fraction of sp³-hybridized carbons (Fsp3) is 0.300. The van der Waals surface area contributed by atoms with E-state index in [1.165, 1.54) is 4.57 Å². The van der Waals surface area contributed by atoms with E-state index in [2.05, 4.69) is 0 Å². The molecule has 5 nitrogen and oxygen atoms in total. The van der Waals surface area contributed by atoms with Gasteiger partial charge in [-0.2, -0.15) is 0 Å². The molecule has 0 saturated heterocycles. The molecule has 0 aliphatic rings. The second-order valence-electron chi connectivity index (χ2n) is 3.98. The quantitative estimate of drug-likeness (QED) is 0.625. The maximum absolute atomic E-state index is 10.9. The first kappa shape index (κ1) is 13.6. The fourth-order valence-electron chi connectivity index (χ4n) is 1.86. The zero-order chi connectivity index (χ0) is 13.7. The summed E-state index contributed by atoms with van der Waals surface area (Å²) in [6, 6.07) is 3.19. The molecular weight excluding hydrogens is 299 g/mol. The Morgan fingerprint density at radius 2 is 1.89 bits per heavy atom. The third kappa shape index (κ3) is 2.33. The van der Waals surface area contributed by atoms with Crippen LogP contribution in [-0.2, 0) is 23.0 Å². The lowest BCUT2D eigenvalue weighted by Gasteiger charge is -2.05. The Bertz CT molecular complexity index is 737. The van der Waals surface area contributed by atoms with Crippen LogP contribution in [0.4, 0.5) is 0 Å². The van der Waals surface area contributed by atoms with Crippen molar-refractivity contribution in [3.63, 3.8) is 0 Å². The number of benzene rings is 1. The first-order valence-corrected chi connectivity index (χ1v) is 7.31. The lowest BCUT2D eigenvalue weighted by molar-refractivity contribution is -0.652. The number of aryl methyl sites for hydroxylation is 1. The summed E-state index contributed by atoms with van der Waals surface area (Å²) in [4.78, 5) is 0. The van der Waals surface area contributed by atoms with Crippen molar-refractivity contribution in [2.24, 2.45) is 7.05 Å². The van der Waals surface area contributed by atoms with Crippen LogP contribution in [0.3, 0.4) is 0 Å². The molecule has 2 aromatic rings. The summed E-state index contributed by atoms with van der Waals surface area (Å²) < 4.78 is 35.9. The summed E-state index contributed by atoms with van der Waals surface area (Å²) >= 11 is 11.8. The molecule has 0 N–H and O–H groups in total. The van der Waals surface area contributed by atoms with Crippen LogP contribution in [0, 0.1) is 6.92 Å². The van der Waals surface area contributed by atoms with Crippen molar-refractivity contribution in [3.8, 4) is 0 Å². The third-order valence-corrected chi connectivity index (χ3v) is 4.13. The van der Waals surface area contributed by atoms with Crippen LogP contribution >= 0.6 is 23.2 Å². The first-order valence-electron chi connectivity index (χ1n) is 4.98. The number of aromatic nitrogens is 2. The van der Waals surface area contributed by atoms with Crippen LogP contribution in [0.5, 0.6) is 0 Å². The Morgan fingerprint density at radius 1 is 1.33 bits per heavy atom. The third-order valence-electron chi connectivity index (χ3n) is 2.83. The highest BCUT2D eigenvalue weighted by molar-refractivity contribution is 7.84. The first-order chi connectivity index (χ1) is 8.20. The second kappa shape index (κ2) is 4.38. The molecule has 0 aliphatic heterocycles. The molecule has 0 unspecified atom stereocenters. The average Bonchev–Trinajstić information content (AvgIpc) is 2.44. The van der Waals surface area contributed by atoms with Gasteiger partial charge < -0.3 is 4.55 Å². The molecule has 0 spiro atoms. The van der Waals surface area contributed by atoms with Crippen LogP contribution < -0.4 is 4.57 Å². The van der Waals surface area contributed by atoms with Crippen LogP contribution in [0.2, 0.25) is 10.0 Å². The number of nitrogens with zero attached hydrogens (tertiary/aromatic N) is 2. The van der Waals surface area contributed by atoms with Gasteiger partial charge >= 0.3 is 0 Å². The van der Waals surface area contributed by atoms with Gasteiger partial charge in [-0.3, -0.25) is 0 Å². The zero-order valence-electron chi connectivity index (χ0n) is 9.65. The molecule has 98 valence electrons. The Kier molecular flexibility index (Phi) is 3.31. The van der Waals surface area contributed by atoms with Crippen molar-refractivity contribution in [1.29, 1.82) is 0 Å². The summed E-state index contributed by atoms with van der Waals surface area (Å²) in [5.74, 6) is -0.00326. The van der Waals surface area contributed by atoms with Crippen molar-refractivity contribution in [2.75, 3.05) is 0 Å². The molecule has 0 aliphatic carbocycles. The van der Waals surface area contributed by atoms with Gasteiger partial charge in [-0.15, -0.1) is 0 Å². The Labute approximate surface area is 114 Å². The van der Waals surface area contributed by atoms with Gasteiger partial charge in [0.05, 0.1) is 17.1 Å². The molecule has 1 aromatic carbocycles. The van der Waals surface area contributed by atoms with Crippen molar-refractivity contribution in [3.05, 3.63) is 28.0 Å². The van der Waals surface area contributed by atoms with E-state index in [0.717, 1.165) is 0 Å². The van der Waals surface area contributed by atoms with Crippen LogP contribution in [-0.4, -0.2) is 17.5 Å². The van der Waals surface area contributed by atoms with E-state index in [4.69, 9.17) is 23.2 Å².